The molecule has 0 aromatic carbocycles. The van der Waals surface area contributed by atoms with Crippen molar-refractivity contribution >= 4 is 33.1 Å². The van der Waals surface area contributed by atoms with E-state index in [9.17, 15) is 9.90 Å². The van der Waals surface area contributed by atoms with E-state index in [1.807, 2.05) is 0 Å². The molecule has 1 saturated heterocycles. The molecule has 5 N–H and O–H groups in total. The number of ether oxygens (including phenoxy) is 1. The van der Waals surface area contributed by atoms with Gasteiger partial charge in [-0.15, -0.1) is 0 Å². The van der Waals surface area contributed by atoms with Crippen molar-refractivity contribution in [2.45, 2.75) is 23.3 Å². The number of nitrogens with one attached hydrogen (secondary N) is 1. The molecule has 9 nitrogen and oxygen atoms in total. The molecule has 20 heavy (non-hydrogen) atoms. The molecule has 3 heterocycles. The van der Waals surface area contributed by atoms with Crippen LogP contribution in [0.2, 0.25) is 4.82 Å². The van der Waals surface area contributed by atoms with E-state index in [1.165, 1.54) is 10.9 Å². The van der Waals surface area contributed by atoms with Crippen LogP contribution in [-0.4, -0.2) is 64.6 Å². The number of anilines is 1. The Morgan fingerprint density at radius 3 is 3.00 bits per heavy atom. The maximum atomic E-state index is 11.7. The third-order valence-electron chi connectivity index (χ3n) is 3.22. The molecular weight excluding hydrogens is 333 g/mol. The average molecular weight is 345 g/mol. The number of nitrogen functional groups attached to an aromatic ring is 1. The van der Waals surface area contributed by atoms with Crippen molar-refractivity contribution in [1.82, 2.24) is 19.5 Å². The summed E-state index contributed by atoms with van der Waals surface area (Å²) in [6.45, 7) is -0.307. The van der Waals surface area contributed by atoms with Gasteiger partial charge < -0.3 is 0 Å². The number of aromatic amines is 1. The summed E-state index contributed by atoms with van der Waals surface area (Å²) in [5.74, 6) is -0.0295. The zero-order valence-electron chi connectivity index (χ0n) is 10.1. The van der Waals surface area contributed by atoms with Crippen LogP contribution >= 0.6 is 0 Å². The van der Waals surface area contributed by atoms with Crippen molar-refractivity contribution in [3.63, 3.8) is 0 Å². The zero-order chi connectivity index (χ0) is 14.4. The zero-order valence-corrected chi connectivity index (χ0v) is 11.8. The maximum absolute atomic E-state index is 11.7. The number of aliphatic hydroxyl groups is 2. The van der Waals surface area contributed by atoms with Crippen molar-refractivity contribution in [3.8, 4) is 0 Å². The van der Waals surface area contributed by atoms with Crippen LogP contribution in [0.25, 0.3) is 11.2 Å². The Labute approximate surface area is 120 Å². The van der Waals surface area contributed by atoms with E-state index in [4.69, 9.17) is 15.6 Å². The molecule has 2 aromatic heterocycles. The number of aromatic nitrogens is 4. The third-order valence-corrected chi connectivity index (χ3v) is 4.29. The monoisotopic (exact) mass is 346 g/mol. The fraction of sp³-hybridized carbons (Fsp3) is 0.500. The summed E-state index contributed by atoms with van der Waals surface area (Å²) in [7, 11) is 0. The summed E-state index contributed by atoms with van der Waals surface area (Å²) < 4.78 is 7.08. The van der Waals surface area contributed by atoms with E-state index in [0.717, 1.165) is 0 Å². The topological polar surface area (TPSA) is 139 Å². The molecule has 1 unspecified atom stereocenters. The van der Waals surface area contributed by atoms with Crippen LogP contribution in [0.4, 0.5) is 5.95 Å². The van der Waals surface area contributed by atoms with Gasteiger partial charge in [0, 0.05) is 0 Å². The minimum absolute atomic E-state index is 0.0295. The predicted octanol–water partition coefficient (Wildman–Crippen LogP) is -2.09. The van der Waals surface area contributed by atoms with Gasteiger partial charge >= 0.3 is 120 Å². The number of aliphatic hydroxyl groups excluding tert-OH is 2. The summed E-state index contributed by atoms with van der Waals surface area (Å²) in [6, 6.07) is 0. The van der Waals surface area contributed by atoms with Crippen molar-refractivity contribution < 1.29 is 14.9 Å². The molecule has 10 heteroatoms. The van der Waals surface area contributed by atoms with Gasteiger partial charge in [-0.1, -0.05) is 0 Å². The van der Waals surface area contributed by atoms with Gasteiger partial charge in [-0.25, -0.2) is 0 Å². The Morgan fingerprint density at radius 2 is 2.35 bits per heavy atom. The molecule has 0 bridgehead atoms. The van der Waals surface area contributed by atoms with E-state index < -0.39 is 28.8 Å². The molecule has 0 spiro atoms. The second-order valence-electron chi connectivity index (χ2n) is 4.48. The first-order valence-corrected chi connectivity index (χ1v) is 6.84. The Hall–Kier alpha value is -1.45. The molecule has 0 amide bonds. The summed E-state index contributed by atoms with van der Waals surface area (Å²) in [5.41, 5.74) is 5.48. The molecule has 1 aliphatic rings. The summed E-state index contributed by atoms with van der Waals surface area (Å²) in [4.78, 5) is 21.7. The van der Waals surface area contributed by atoms with Crippen LogP contribution in [0.1, 0.15) is 6.23 Å². The second kappa shape index (κ2) is 4.83. The molecule has 0 aliphatic carbocycles. The number of hydrogen-bond donors (Lipinski definition) is 4. The number of H-pyrrole nitrogens is 1. The number of fused-ring (bicyclic) bond motifs is 1. The second-order valence-corrected chi connectivity index (χ2v) is 5.62. The number of nitrogens with zero attached hydrogens (tertiary/aromatic N) is 3. The summed E-state index contributed by atoms with van der Waals surface area (Å²) in [6.07, 6.45) is -0.793. The molecule has 3 rings (SSSR count). The third kappa shape index (κ3) is 1.93. The first-order valence-electron chi connectivity index (χ1n) is 5.85. The Balaban J connectivity index is 2.09. The van der Waals surface area contributed by atoms with Crippen LogP contribution in [-0.2, 0) is 4.74 Å². The van der Waals surface area contributed by atoms with Crippen LogP contribution in [0, 0.1) is 0 Å². The van der Waals surface area contributed by atoms with Crippen molar-refractivity contribution in [2.75, 3.05) is 12.3 Å². The summed E-state index contributed by atoms with van der Waals surface area (Å²) in [5, 5.41) is 19.1. The van der Waals surface area contributed by atoms with E-state index in [1.54, 1.807) is 0 Å². The van der Waals surface area contributed by atoms with Crippen LogP contribution in [0.5, 0.6) is 0 Å². The van der Waals surface area contributed by atoms with Gasteiger partial charge in [-0.3, -0.25) is 0 Å². The fourth-order valence-corrected chi connectivity index (χ4v) is 3.00. The minimum atomic E-state index is -0.859. The van der Waals surface area contributed by atoms with Gasteiger partial charge in [0.2, 0.25) is 0 Å². The Kier molecular flexibility index (Phi) is 3.27. The molecule has 1 radical (unpaired) electrons. The Morgan fingerprint density at radius 1 is 1.60 bits per heavy atom. The molecule has 0 saturated carbocycles. The van der Waals surface area contributed by atoms with Crippen LogP contribution in [0.15, 0.2) is 11.1 Å². The molecule has 2 aromatic rings. The number of imidazole rings is 1. The number of hydrogen-bond acceptors (Lipinski definition) is 7. The van der Waals surface area contributed by atoms with Gasteiger partial charge in [-0.05, 0) is 0 Å². The SMILES string of the molecule is Nc1nc2c(ncn2[C@@H]2O[C@H](CO)[C@H](O)C2[Se])c(=O)[nH]1. The normalized spacial score (nSPS) is 30.1. The Bertz CT molecular complexity index is 701. The van der Waals surface area contributed by atoms with Gasteiger partial charge in [0.25, 0.3) is 0 Å². The quantitative estimate of drug-likeness (QED) is 0.458. The molecular formula is C10H12N5O4Se. The van der Waals surface area contributed by atoms with E-state index in [2.05, 4.69) is 31.0 Å². The van der Waals surface area contributed by atoms with Gasteiger partial charge in [-0.2, -0.15) is 0 Å². The van der Waals surface area contributed by atoms with Crippen LogP contribution < -0.4 is 11.3 Å². The average Bonchev–Trinajstić information content (AvgIpc) is 2.93. The first-order chi connectivity index (χ1) is 9.52. The summed E-state index contributed by atoms with van der Waals surface area (Å²) >= 11 is 2.81. The molecule has 107 valence electrons. The standard InChI is InChI=1S/C10H12N5O4Se/c11-10-13-7-4(8(18)14-10)12-2-15(7)9-6(20)5(17)3(1-16)19-9/h2-3,5-6,9,16-17H,1H2,(H3,11,13,14,18)/t3-,5+,6?,9-/m1/s1. The van der Waals surface area contributed by atoms with Crippen molar-refractivity contribution in [3.05, 3.63) is 16.7 Å². The fourth-order valence-electron chi connectivity index (χ4n) is 2.22. The van der Waals surface area contributed by atoms with Crippen molar-refractivity contribution in [2.24, 2.45) is 0 Å². The molecule has 1 aliphatic heterocycles. The predicted molar refractivity (Wildman–Crippen MR) is 69.1 cm³/mol. The van der Waals surface area contributed by atoms with Gasteiger partial charge in [0.1, 0.15) is 0 Å². The van der Waals surface area contributed by atoms with E-state index >= 15 is 0 Å². The first kappa shape index (κ1) is 13.5. The van der Waals surface area contributed by atoms with E-state index in [-0.39, 0.29) is 23.7 Å². The van der Waals surface area contributed by atoms with Crippen molar-refractivity contribution in [1.29, 1.82) is 0 Å². The number of rotatable bonds is 2. The van der Waals surface area contributed by atoms with Crippen LogP contribution in [0.3, 0.4) is 0 Å². The van der Waals surface area contributed by atoms with E-state index in [0.29, 0.717) is 0 Å². The van der Waals surface area contributed by atoms with Gasteiger partial charge in [0.05, 0.1) is 0 Å². The molecule has 4 atom stereocenters. The number of nitrogens with two attached hydrogens (primary N) is 1. The molecule has 1 fully saturated rings. The van der Waals surface area contributed by atoms with Gasteiger partial charge in [0.15, 0.2) is 0 Å².